The average molecular weight is 415 g/mol. The van der Waals surface area contributed by atoms with E-state index in [2.05, 4.69) is 0 Å². The zero-order valence-electron chi connectivity index (χ0n) is 19.3. The minimum Gasteiger partial charge on any atom is -0.444 e. The first-order valence-corrected chi connectivity index (χ1v) is 10.8. The highest BCUT2D eigenvalue weighted by atomic mass is 16.7. The summed E-state index contributed by atoms with van der Waals surface area (Å²) in [6.45, 7) is 14.6. The first kappa shape index (κ1) is 22.8. The van der Waals surface area contributed by atoms with E-state index in [1.165, 1.54) is 0 Å². The normalized spacial score (nSPS) is 21.6. The van der Waals surface area contributed by atoms with Gasteiger partial charge in [0.2, 0.25) is 0 Å². The summed E-state index contributed by atoms with van der Waals surface area (Å²) in [5.41, 5.74) is -0.0348. The highest BCUT2D eigenvalue weighted by Crippen LogP contribution is 2.37. The van der Waals surface area contributed by atoms with Gasteiger partial charge in [-0.1, -0.05) is 24.3 Å². The Morgan fingerprint density at radius 2 is 1.57 bits per heavy atom. The van der Waals surface area contributed by atoms with Crippen molar-refractivity contribution in [1.82, 2.24) is 4.90 Å². The maximum absolute atomic E-state index is 13.4. The van der Waals surface area contributed by atoms with Crippen LogP contribution in [0.4, 0.5) is 4.79 Å². The molecule has 1 aromatic carbocycles. The summed E-state index contributed by atoms with van der Waals surface area (Å²) in [5, 5.41) is 0. The topological polar surface area (TPSA) is 65.1 Å². The van der Waals surface area contributed by atoms with Gasteiger partial charge in [-0.15, -0.1) is 0 Å². The highest BCUT2D eigenvalue weighted by molar-refractivity contribution is 6.63. The minimum atomic E-state index is -0.572. The van der Waals surface area contributed by atoms with Crippen molar-refractivity contribution in [1.29, 1.82) is 0 Å². The van der Waals surface area contributed by atoms with Crippen molar-refractivity contribution in [3.63, 3.8) is 0 Å². The van der Waals surface area contributed by atoms with Crippen LogP contribution in [-0.4, -0.2) is 53.8 Å². The molecule has 0 saturated carbocycles. The van der Waals surface area contributed by atoms with Gasteiger partial charge in [-0.2, -0.15) is 0 Å². The summed E-state index contributed by atoms with van der Waals surface area (Å²) in [6, 6.07) is 7.54. The number of ether oxygens (including phenoxy) is 1. The summed E-state index contributed by atoms with van der Waals surface area (Å²) in [7, 11) is -0.572. The van der Waals surface area contributed by atoms with Gasteiger partial charge in [-0.25, -0.2) is 4.79 Å². The minimum absolute atomic E-state index is 0.0872. The molecule has 2 heterocycles. The monoisotopic (exact) mass is 415 g/mol. The molecular formula is C23H34BNO5. The summed E-state index contributed by atoms with van der Waals surface area (Å²) in [5.74, 6) is -0.0450. The van der Waals surface area contributed by atoms with Crippen LogP contribution in [0.3, 0.4) is 0 Å². The van der Waals surface area contributed by atoms with E-state index in [1.54, 1.807) is 4.90 Å². The predicted octanol–water partition coefficient (Wildman–Crippen LogP) is 3.82. The van der Waals surface area contributed by atoms with Crippen LogP contribution < -0.4 is 5.46 Å². The third-order valence-corrected chi connectivity index (χ3v) is 6.25. The molecule has 0 aliphatic carbocycles. The van der Waals surface area contributed by atoms with E-state index in [0.29, 0.717) is 31.5 Å². The molecule has 2 saturated heterocycles. The van der Waals surface area contributed by atoms with Gasteiger partial charge in [-0.3, -0.25) is 4.79 Å². The van der Waals surface area contributed by atoms with Crippen LogP contribution in [0.5, 0.6) is 0 Å². The van der Waals surface area contributed by atoms with Crippen molar-refractivity contribution in [2.75, 3.05) is 13.1 Å². The van der Waals surface area contributed by atoms with Crippen molar-refractivity contribution in [3.05, 3.63) is 29.8 Å². The molecule has 7 heteroatoms. The Morgan fingerprint density at radius 1 is 1.03 bits per heavy atom. The second-order valence-electron chi connectivity index (χ2n) is 10.3. The first-order chi connectivity index (χ1) is 13.8. The zero-order chi connectivity index (χ0) is 22.3. The second-order valence-corrected chi connectivity index (χ2v) is 10.3. The van der Waals surface area contributed by atoms with Crippen LogP contribution in [0.15, 0.2) is 24.3 Å². The van der Waals surface area contributed by atoms with Crippen molar-refractivity contribution in [2.45, 2.75) is 78.1 Å². The highest BCUT2D eigenvalue weighted by Gasteiger charge is 2.52. The lowest BCUT2D eigenvalue weighted by atomic mass is 9.73. The number of nitrogens with zero attached hydrogens (tertiary/aromatic N) is 1. The fourth-order valence-corrected chi connectivity index (χ4v) is 3.77. The molecule has 0 radical (unpaired) electrons. The summed E-state index contributed by atoms with van der Waals surface area (Å²) >= 11 is 0. The number of likely N-dealkylation sites (tertiary alicyclic amines) is 1. The predicted molar refractivity (Wildman–Crippen MR) is 117 cm³/mol. The number of carbonyl (C=O) groups is 2. The van der Waals surface area contributed by atoms with E-state index >= 15 is 0 Å². The molecule has 0 spiro atoms. The molecule has 0 unspecified atom stereocenters. The molecule has 2 aliphatic rings. The number of benzene rings is 1. The van der Waals surface area contributed by atoms with E-state index in [9.17, 15) is 9.59 Å². The fourth-order valence-electron chi connectivity index (χ4n) is 3.77. The Labute approximate surface area is 180 Å². The van der Waals surface area contributed by atoms with Gasteiger partial charge < -0.3 is 18.9 Å². The van der Waals surface area contributed by atoms with Gasteiger partial charge >= 0.3 is 13.2 Å². The molecule has 1 aromatic rings. The van der Waals surface area contributed by atoms with E-state index < -0.39 is 23.9 Å². The van der Waals surface area contributed by atoms with Gasteiger partial charge in [0.1, 0.15) is 5.60 Å². The smallest absolute Gasteiger partial charge is 0.444 e. The largest absolute Gasteiger partial charge is 0.495 e. The van der Waals surface area contributed by atoms with Crippen molar-refractivity contribution < 1.29 is 23.6 Å². The quantitative estimate of drug-likeness (QED) is 0.555. The van der Waals surface area contributed by atoms with E-state index in [1.807, 2.05) is 72.7 Å². The molecule has 6 nitrogen and oxygen atoms in total. The maximum Gasteiger partial charge on any atom is 0.495 e. The standard InChI is InChI=1S/C23H34BNO5/c1-21(2,3)28-20(27)25-14-12-16(13-15-25)19(26)17-10-8-9-11-18(17)24-29-22(4,5)23(6,7)30-24/h8-11,16H,12-15H2,1-7H3. The lowest BCUT2D eigenvalue weighted by molar-refractivity contribution is 0.00578. The van der Waals surface area contributed by atoms with Crippen molar-refractivity contribution in [3.8, 4) is 0 Å². The lowest BCUT2D eigenvalue weighted by Crippen LogP contribution is -2.44. The Balaban J connectivity index is 1.70. The molecule has 0 bridgehead atoms. The third-order valence-electron chi connectivity index (χ3n) is 6.25. The number of rotatable bonds is 3. The summed E-state index contributed by atoms with van der Waals surface area (Å²) in [6.07, 6.45) is 0.928. The summed E-state index contributed by atoms with van der Waals surface area (Å²) < 4.78 is 17.8. The average Bonchev–Trinajstić information content (AvgIpc) is 2.87. The molecule has 0 atom stereocenters. The Morgan fingerprint density at radius 3 is 2.10 bits per heavy atom. The van der Waals surface area contributed by atoms with Gasteiger partial charge in [-0.05, 0) is 66.8 Å². The van der Waals surface area contributed by atoms with Crippen molar-refractivity contribution in [2.24, 2.45) is 5.92 Å². The van der Waals surface area contributed by atoms with Crippen LogP contribution >= 0.6 is 0 Å². The van der Waals surface area contributed by atoms with Crippen LogP contribution in [0, 0.1) is 5.92 Å². The SMILES string of the molecule is CC(C)(C)OC(=O)N1CCC(C(=O)c2ccccc2B2OC(C)(C)C(C)(C)O2)CC1. The Bertz CT molecular complexity index is 790. The molecule has 0 aromatic heterocycles. The maximum atomic E-state index is 13.4. The van der Waals surface area contributed by atoms with Crippen LogP contribution in [-0.2, 0) is 14.0 Å². The number of hydrogen-bond donors (Lipinski definition) is 0. The van der Waals surface area contributed by atoms with Gasteiger partial charge in [0, 0.05) is 24.6 Å². The third kappa shape index (κ3) is 4.73. The number of hydrogen-bond acceptors (Lipinski definition) is 5. The summed E-state index contributed by atoms with van der Waals surface area (Å²) in [4.78, 5) is 27.3. The van der Waals surface area contributed by atoms with E-state index in [-0.39, 0.29) is 17.8 Å². The van der Waals surface area contributed by atoms with Gasteiger partial charge in [0.15, 0.2) is 5.78 Å². The van der Waals surface area contributed by atoms with Gasteiger partial charge in [0.05, 0.1) is 11.2 Å². The lowest BCUT2D eigenvalue weighted by Gasteiger charge is -2.33. The number of carbonyl (C=O) groups excluding carboxylic acids is 2. The van der Waals surface area contributed by atoms with Crippen molar-refractivity contribution >= 4 is 24.5 Å². The fraction of sp³-hybridized carbons (Fsp3) is 0.652. The Hall–Kier alpha value is -1.86. The Kier molecular flexibility index (Phi) is 6.09. The molecule has 0 N–H and O–H groups in total. The molecule has 1 amide bonds. The number of Topliss-reactive ketones (excluding diaryl/α,β-unsaturated/α-hetero) is 1. The second kappa shape index (κ2) is 8.01. The van der Waals surface area contributed by atoms with Crippen LogP contribution in [0.25, 0.3) is 0 Å². The van der Waals surface area contributed by atoms with E-state index in [4.69, 9.17) is 14.0 Å². The van der Waals surface area contributed by atoms with E-state index in [0.717, 1.165) is 5.46 Å². The number of amides is 1. The van der Waals surface area contributed by atoms with Crippen LogP contribution in [0.2, 0.25) is 0 Å². The molecule has 30 heavy (non-hydrogen) atoms. The molecule has 2 aliphatic heterocycles. The zero-order valence-corrected chi connectivity index (χ0v) is 19.3. The van der Waals surface area contributed by atoms with Crippen LogP contribution in [0.1, 0.15) is 71.7 Å². The molecule has 164 valence electrons. The number of ketones is 1. The molecule has 3 rings (SSSR count). The first-order valence-electron chi connectivity index (χ1n) is 10.8. The number of piperidine rings is 1. The van der Waals surface area contributed by atoms with Gasteiger partial charge in [0.25, 0.3) is 0 Å². The molecular weight excluding hydrogens is 381 g/mol. The molecule has 2 fully saturated rings.